The first-order chi connectivity index (χ1) is 10.1. The van der Waals surface area contributed by atoms with E-state index in [9.17, 15) is 0 Å². The van der Waals surface area contributed by atoms with Gasteiger partial charge in [0.15, 0.2) is 0 Å². The third-order valence-corrected chi connectivity index (χ3v) is 5.21. The number of likely N-dealkylation sites (N-methyl/N-ethyl adjacent to an activating group) is 1. The van der Waals surface area contributed by atoms with E-state index in [-0.39, 0.29) is 0 Å². The number of nitrogens with zero attached hydrogens (tertiary/aromatic N) is 3. The summed E-state index contributed by atoms with van der Waals surface area (Å²) in [4.78, 5) is 7.27. The Hall–Kier alpha value is -1.06. The van der Waals surface area contributed by atoms with Crippen LogP contribution >= 0.6 is 0 Å². The molecule has 1 saturated heterocycles. The summed E-state index contributed by atoms with van der Waals surface area (Å²) in [7, 11) is 6.55. The molecule has 3 aliphatic rings. The molecule has 0 amide bonds. The normalized spacial score (nSPS) is 27.0. The first kappa shape index (κ1) is 14.9. The largest absolute Gasteiger partial charge is 0.369 e. The molecule has 3 nitrogen and oxygen atoms in total. The van der Waals surface area contributed by atoms with Crippen molar-refractivity contribution >= 4 is 0 Å². The van der Waals surface area contributed by atoms with Crippen molar-refractivity contribution in [2.45, 2.75) is 25.3 Å². The monoisotopic (exact) mass is 287 g/mol. The van der Waals surface area contributed by atoms with Gasteiger partial charge in [0.1, 0.15) is 0 Å². The lowest BCUT2D eigenvalue weighted by Crippen LogP contribution is -2.37. The molecular formula is C18H29N3. The van der Waals surface area contributed by atoms with Crippen LogP contribution in [0.3, 0.4) is 0 Å². The highest BCUT2D eigenvalue weighted by Crippen LogP contribution is 2.35. The van der Waals surface area contributed by atoms with Crippen molar-refractivity contribution in [3.8, 4) is 0 Å². The van der Waals surface area contributed by atoms with Crippen molar-refractivity contribution in [3.05, 3.63) is 35.6 Å². The van der Waals surface area contributed by atoms with E-state index in [2.05, 4.69) is 60.3 Å². The van der Waals surface area contributed by atoms with E-state index in [1.807, 2.05) is 0 Å². The van der Waals surface area contributed by atoms with Crippen LogP contribution in [-0.4, -0.2) is 68.1 Å². The Morgan fingerprint density at radius 3 is 2.67 bits per heavy atom. The second-order valence-corrected chi connectivity index (χ2v) is 7.06. The standard InChI is InChI=1S/C18H29N3/c1-19(2)12-13-21-11-8-16-4-5-17(14-18(16)21)15-6-9-20(3)10-7-15/h4-5,8,11,15,18H,6-7,9-10,12-14H2,1-3H3. The van der Waals surface area contributed by atoms with E-state index in [0.717, 1.165) is 19.0 Å². The zero-order valence-electron chi connectivity index (χ0n) is 13.8. The second kappa shape index (κ2) is 6.37. The molecule has 0 aromatic heterocycles. The zero-order valence-corrected chi connectivity index (χ0v) is 13.8. The quantitative estimate of drug-likeness (QED) is 0.786. The molecule has 2 aliphatic heterocycles. The van der Waals surface area contributed by atoms with Crippen LogP contribution in [0.15, 0.2) is 35.6 Å². The zero-order chi connectivity index (χ0) is 14.8. The Morgan fingerprint density at radius 2 is 1.95 bits per heavy atom. The fourth-order valence-electron chi connectivity index (χ4n) is 3.71. The summed E-state index contributed by atoms with van der Waals surface area (Å²) in [5, 5.41) is 0. The first-order valence-electron chi connectivity index (χ1n) is 8.31. The SMILES string of the molecule is CN(C)CCN1C=CC2=CC=C(C3CCN(C)CC3)CC21. The molecule has 21 heavy (non-hydrogen) atoms. The average molecular weight is 287 g/mol. The van der Waals surface area contributed by atoms with Gasteiger partial charge >= 0.3 is 0 Å². The molecule has 0 N–H and O–H groups in total. The summed E-state index contributed by atoms with van der Waals surface area (Å²) in [6.07, 6.45) is 13.3. The van der Waals surface area contributed by atoms with Gasteiger partial charge in [-0.25, -0.2) is 0 Å². The van der Waals surface area contributed by atoms with E-state index >= 15 is 0 Å². The summed E-state index contributed by atoms with van der Waals surface area (Å²) in [6.45, 7) is 4.77. The van der Waals surface area contributed by atoms with E-state index in [0.29, 0.717) is 6.04 Å². The predicted octanol–water partition coefficient (Wildman–Crippen LogP) is 2.34. The van der Waals surface area contributed by atoms with Gasteiger partial charge in [0.2, 0.25) is 0 Å². The molecule has 0 aromatic carbocycles. The van der Waals surface area contributed by atoms with E-state index < -0.39 is 0 Å². The van der Waals surface area contributed by atoms with Gasteiger partial charge in [-0.3, -0.25) is 0 Å². The average Bonchev–Trinajstić information content (AvgIpc) is 2.88. The maximum absolute atomic E-state index is 2.54. The molecule has 1 aliphatic carbocycles. The van der Waals surface area contributed by atoms with Crippen molar-refractivity contribution in [2.75, 3.05) is 47.3 Å². The van der Waals surface area contributed by atoms with Crippen LogP contribution in [0.5, 0.6) is 0 Å². The van der Waals surface area contributed by atoms with E-state index in [1.165, 1.54) is 37.9 Å². The Bertz CT molecular complexity index is 453. The lowest BCUT2D eigenvalue weighted by atomic mass is 9.82. The minimum atomic E-state index is 0.601. The highest BCUT2D eigenvalue weighted by Gasteiger charge is 2.30. The Labute approximate surface area is 129 Å². The van der Waals surface area contributed by atoms with Gasteiger partial charge in [0, 0.05) is 19.3 Å². The van der Waals surface area contributed by atoms with Crippen LogP contribution in [0, 0.1) is 5.92 Å². The van der Waals surface area contributed by atoms with Gasteiger partial charge < -0.3 is 14.7 Å². The summed E-state index contributed by atoms with van der Waals surface area (Å²) in [6, 6.07) is 0.601. The third-order valence-electron chi connectivity index (χ3n) is 5.21. The van der Waals surface area contributed by atoms with Crippen LogP contribution in [0.4, 0.5) is 0 Å². The van der Waals surface area contributed by atoms with Crippen molar-refractivity contribution in [3.63, 3.8) is 0 Å². The molecule has 3 rings (SSSR count). The lowest BCUT2D eigenvalue weighted by molar-refractivity contribution is 0.227. The molecule has 2 heterocycles. The minimum Gasteiger partial charge on any atom is -0.369 e. The Balaban J connectivity index is 1.62. The van der Waals surface area contributed by atoms with Crippen LogP contribution in [-0.2, 0) is 0 Å². The first-order valence-corrected chi connectivity index (χ1v) is 8.31. The molecule has 0 bridgehead atoms. The maximum atomic E-state index is 2.54. The van der Waals surface area contributed by atoms with Crippen LogP contribution < -0.4 is 0 Å². The second-order valence-electron chi connectivity index (χ2n) is 7.06. The predicted molar refractivity (Wildman–Crippen MR) is 89.2 cm³/mol. The number of rotatable bonds is 4. The highest BCUT2D eigenvalue weighted by atomic mass is 15.2. The summed E-state index contributed by atoms with van der Waals surface area (Å²) in [5.41, 5.74) is 3.20. The molecule has 0 radical (unpaired) electrons. The van der Waals surface area contributed by atoms with Gasteiger partial charge in [-0.1, -0.05) is 17.7 Å². The van der Waals surface area contributed by atoms with Crippen molar-refractivity contribution in [2.24, 2.45) is 5.92 Å². The number of allylic oxidation sites excluding steroid dienone is 2. The lowest BCUT2D eigenvalue weighted by Gasteiger charge is -2.35. The van der Waals surface area contributed by atoms with Gasteiger partial charge in [-0.05, 0) is 71.1 Å². The van der Waals surface area contributed by atoms with Crippen molar-refractivity contribution in [1.29, 1.82) is 0 Å². The van der Waals surface area contributed by atoms with Gasteiger partial charge in [0.05, 0.1) is 6.04 Å². The molecule has 0 aromatic rings. The van der Waals surface area contributed by atoms with Crippen molar-refractivity contribution in [1.82, 2.24) is 14.7 Å². The van der Waals surface area contributed by atoms with Crippen molar-refractivity contribution < 1.29 is 0 Å². The Morgan fingerprint density at radius 1 is 1.19 bits per heavy atom. The molecule has 3 heteroatoms. The third kappa shape index (κ3) is 3.41. The number of likely N-dealkylation sites (tertiary alicyclic amines) is 1. The molecule has 0 saturated carbocycles. The maximum Gasteiger partial charge on any atom is 0.0575 e. The van der Waals surface area contributed by atoms with Gasteiger partial charge in [-0.15, -0.1) is 0 Å². The van der Waals surface area contributed by atoms with Gasteiger partial charge in [0.25, 0.3) is 0 Å². The fraction of sp³-hybridized carbons (Fsp3) is 0.667. The molecule has 116 valence electrons. The molecular weight excluding hydrogens is 258 g/mol. The number of hydrogen-bond acceptors (Lipinski definition) is 3. The Kier molecular flexibility index (Phi) is 4.51. The van der Waals surface area contributed by atoms with Crippen LogP contribution in [0.2, 0.25) is 0 Å². The number of piperidine rings is 1. The summed E-state index contributed by atoms with van der Waals surface area (Å²) >= 11 is 0. The summed E-state index contributed by atoms with van der Waals surface area (Å²) in [5.74, 6) is 0.815. The molecule has 1 fully saturated rings. The van der Waals surface area contributed by atoms with Gasteiger partial charge in [-0.2, -0.15) is 0 Å². The van der Waals surface area contributed by atoms with E-state index in [4.69, 9.17) is 0 Å². The highest BCUT2D eigenvalue weighted by molar-refractivity contribution is 5.40. The fourth-order valence-corrected chi connectivity index (χ4v) is 3.71. The molecule has 0 spiro atoms. The smallest absolute Gasteiger partial charge is 0.0575 e. The van der Waals surface area contributed by atoms with Crippen LogP contribution in [0.25, 0.3) is 0 Å². The molecule has 1 atom stereocenters. The van der Waals surface area contributed by atoms with E-state index in [1.54, 1.807) is 5.57 Å². The number of hydrogen-bond donors (Lipinski definition) is 0. The minimum absolute atomic E-state index is 0.601. The summed E-state index contributed by atoms with van der Waals surface area (Å²) < 4.78 is 0. The van der Waals surface area contributed by atoms with Crippen LogP contribution in [0.1, 0.15) is 19.3 Å². The molecule has 1 unspecified atom stereocenters. The topological polar surface area (TPSA) is 9.72 Å². The number of fused-ring (bicyclic) bond motifs is 1.